The lowest BCUT2D eigenvalue weighted by molar-refractivity contribution is -0.140. The van der Waals surface area contributed by atoms with Crippen molar-refractivity contribution < 1.29 is 27.5 Å². The van der Waals surface area contributed by atoms with Crippen LogP contribution in [0.15, 0.2) is 48.5 Å². The molecule has 2 aromatic carbocycles. The molecule has 9 heteroatoms. The molecule has 0 spiro atoms. The van der Waals surface area contributed by atoms with Crippen LogP contribution in [-0.4, -0.2) is 30.0 Å². The molecule has 0 saturated carbocycles. The third kappa shape index (κ3) is 3.87. The zero-order valence-corrected chi connectivity index (χ0v) is 15.3. The molecule has 29 heavy (non-hydrogen) atoms. The van der Waals surface area contributed by atoms with Crippen molar-refractivity contribution in [2.45, 2.75) is 18.6 Å². The van der Waals surface area contributed by atoms with Crippen LogP contribution in [0.1, 0.15) is 23.6 Å². The van der Waals surface area contributed by atoms with E-state index in [0.29, 0.717) is 11.3 Å². The third-order valence-electron chi connectivity index (χ3n) is 4.61. The Kier molecular flexibility index (Phi) is 5.20. The number of hydrogen-bond acceptors (Lipinski definition) is 4. The van der Waals surface area contributed by atoms with Crippen molar-refractivity contribution in [3.8, 4) is 11.8 Å². The van der Waals surface area contributed by atoms with Crippen molar-refractivity contribution in [3.63, 3.8) is 0 Å². The van der Waals surface area contributed by atoms with Crippen molar-refractivity contribution >= 4 is 11.9 Å². The highest BCUT2D eigenvalue weighted by molar-refractivity contribution is 6.07. The largest absolute Gasteiger partial charge is 0.492 e. The molecule has 3 rings (SSSR count). The van der Waals surface area contributed by atoms with Gasteiger partial charge in [-0.05, 0) is 42.8 Å². The fourth-order valence-electron chi connectivity index (χ4n) is 3.13. The Morgan fingerprint density at radius 2 is 1.79 bits per heavy atom. The van der Waals surface area contributed by atoms with Crippen molar-refractivity contribution in [1.82, 2.24) is 10.2 Å². The zero-order chi connectivity index (χ0) is 21.2. The van der Waals surface area contributed by atoms with Gasteiger partial charge in [0.05, 0.1) is 23.7 Å². The zero-order valence-electron chi connectivity index (χ0n) is 15.3. The Balaban J connectivity index is 1.75. The molecule has 1 fully saturated rings. The van der Waals surface area contributed by atoms with E-state index in [4.69, 9.17) is 10.00 Å². The second kappa shape index (κ2) is 7.47. The number of nitriles is 1. The number of hydrogen-bond donors (Lipinski definition) is 1. The lowest BCUT2D eigenvalue weighted by Crippen LogP contribution is -2.42. The summed E-state index contributed by atoms with van der Waals surface area (Å²) in [4.78, 5) is 25.9. The van der Waals surface area contributed by atoms with Crippen LogP contribution in [0.25, 0.3) is 0 Å². The first-order valence-electron chi connectivity index (χ1n) is 8.60. The van der Waals surface area contributed by atoms with Crippen LogP contribution in [0, 0.1) is 11.3 Å². The molecule has 0 bridgehead atoms. The van der Waals surface area contributed by atoms with Crippen molar-refractivity contribution in [3.05, 3.63) is 65.2 Å². The van der Waals surface area contributed by atoms with Crippen LogP contribution >= 0.6 is 0 Å². The first-order valence-corrected chi connectivity index (χ1v) is 8.60. The van der Waals surface area contributed by atoms with Gasteiger partial charge in [-0.2, -0.15) is 18.4 Å². The van der Waals surface area contributed by atoms with Gasteiger partial charge < -0.3 is 10.1 Å². The molecule has 150 valence electrons. The summed E-state index contributed by atoms with van der Waals surface area (Å²) < 4.78 is 45.5. The molecular weight excluding hydrogens is 387 g/mol. The number of ether oxygens (including phenoxy) is 1. The van der Waals surface area contributed by atoms with Crippen LogP contribution in [-0.2, 0) is 16.5 Å². The van der Waals surface area contributed by atoms with Gasteiger partial charge in [0.1, 0.15) is 17.9 Å². The number of benzene rings is 2. The monoisotopic (exact) mass is 403 g/mol. The van der Waals surface area contributed by atoms with Crippen LogP contribution in [0.4, 0.5) is 18.0 Å². The van der Waals surface area contributed by atoms with Gasteiger partial charge in [0, 0.05) is 0 Å². The minimum Gasteiger partial charge on any atom is -0.492 e. The van der Waals surface area contributed by atoms with Gasteiger partial charge in [0.15, 0.2) is 0 Å². The first kappa shape index (κ1) is 20.2. The molecule has 1 heterocycles. The molecule has 0 radical (unpaired) electrons. The summed E-state index contributed by atoms with van der Waals surface area (Å²) in [5.41, 5.74) is -2.68. The molecule has 1 aliphatic heterocycles. The molecule has 0 aliphatic carbocycles. The number of carbonyl (C=O) groups is 2. The van der Waals surface area contributed by atoms with E-state index in [0.717, 1.165) is 11.0 Å². The number of urea groups is 1. The molecule has 3 amide bonds. The smallest absolute Gasteiger partial charge is 0.416 e. The standard InChI is InChI=1S/C20H16F3N3O3/c1-19(15-4-2-3-5-16(15)20(21,22)23)17(27)26(18(28)25-19)10-11-29-14-8-6-13(12-24)7-9-14/h2-9H,10-11H2,1H3,(H,25,28)/t19-/m1/s1. The average molecular weight is 403 g/mol. The lowest BCUT2D eigenvalue weighted by Gasteiger charge is -2.25. The van der Waals surface area contributed by atoms with E-state index < -0.39 is 29.2 Å². The SMILES string of the molecule is C[C@]1(c2ccccc2C(F)(F)F)NC(=O)N(CCOc2ccc(C#N)cc2)C1=O. The van der Waals surface area contributed by atoms with E-state index in [-0.39, 0.29) is 18.7 Å². The Morgan fingerprint density at radius 3 is 2.41 bits per heavy atom. The third-order valence-corrected chi connectivity index (χ3v) is 4.61. The number of halogens is 3. The number of carbonyl (C=O) groups excluding carboxylic acids is 2. The van der Waals surface area contributed by atoms with Gasteiger partial charge in [-0.25, -0.2) is 4.79 Å². The number of nitrogens with one attached hydrogen (secondary N) is 1. The van der Waals surface area contributed by atoms with Gasteiger partial charge >= 0.3 is 12.2 Å². The molecular formula is C20H16F3N3O3. The molecule has 1 atom stereocenters. The first-order chi connectivity index (χ1) is 13.7. The Hall–Kier alpha value is -3.54. The predicted molar refractivity (Wildman–Crippen MR) is 95.7 cm³/mol. The number of alkyl halides is 3. The van der Waals surface area contributed by atoms with Crippen LogP contribution < -0.4 is 10.1 Å². The summed E-state index contributed by atoms with van der Waals surface area (Å²) >= 11 is 0. The number of rotatable bonds is 5. The fraction of sp³-hybridized carbons (Fsp3) is 0.250. The van der Waals surface area contributed by atoms with Gasteiger partial charge in [-0.1, -0.05) is 18.2 Å². The maximum Gasteiger partial charge on any atom is 0.416 e. The molecule has 1 saturated heterocycles. The normalized spacial score (nSPS) is 19.1. The topological polar surface area (TPSA) is 82.4 Å². The number of imide groups is 1. The average Bonchev–Trinajstić information content (AvgIpc) is 2.91. The van der Waals surface area contributed by atoms with E-state index in [1.807, 2.05) is 6.07 Å². The second-order valence-corrected chi connectivity index (χ2v) is 6.54. The molecule has 6 nitrogen and oxygen atoms in total. The lowest BCUT2D eigenvalue weighted by atomic mass is 9.88. The molecule has 1 N–H and O–H groups in total. The van der Waals surface area contributed by atoms with Crippen LogP contribution in [0.2, 0.25) is 0 Å². The fourth-order valence-corrected chi connectivity index (χ4v) is 3.13. The van der Waals surface area contributed by atoms with Crippen LogP contribution in [0.3, 0.4) is 0 Å². The van der Waals surface area contributed by atoms with Gasteiger partial charge in [0.2, 0.25) is 0 Å². The second-order valence-electron chi connectivity index (χ2n) is 6.54. The summed E-state index contributed by atoms with van der Waals surface area (Å²) in [5, 5.41) is 11.1. The van der Waals surface area contributed by atoms with E-state index in [2.05, 4.69) is 5.32 Å². The number of nitrogens with zero attached hydrogens (tertiary/aromatic N) is 2. The highest BCUT2D eigenvalue weighted by Gasteiger charge is 2.52. The summed E-state index contributed by atoms with van der Waals surface area (Å²) in [6, 6.07) is 12.1. The Morgan fingerprint density at radius 1 is 1.14 bits per heavy atom. The van der Waals surface area contributed by atoms with Gasteiger partial charge in [-0.3, -0.25) is 9.69 Å². The van der Waals surface area contributed by atoms with Crippen molar-refractivity contribution in [1.29, 1.82) is 5.26 Å². The Bertz CT molecular complexity index is 983. The van der Waals surface area contributed by atoms with E-state index in [1.165, 1.54) is 25.1 Å². The summed E-state index contributed by atoms with van der Waals surface area (Å²) in [5.74, 6) is -0.358. The highest BCUT2D eigenvalue weighted by Crippen LogP contribution is 2.39. The Labute approximate surface area is 164 Å². The molecule has 0 unspecified atom stereocenters. The van der Waals surface area contributed by atoms with Gasteiger partial charge in [0.25, 0.3) is 5.91 Å². The van der Waals surface area contributed by atoms with E-state index in [1.54, 1.807) is 24.3 Å². The van der Waals surface area contributed by atoms with Crippen molar-refractivity contribution in [2.24, 2.45) is 0 Å². The number of amides is 3. The highest BCUT2D eigenvalue weighted by atomic mass is 19.4. The minimum absolute atomic E-state index is 0.0535. The maximum atomic E-state index is 13.4. The predicted octanol–water partition coefficient (Wildman–Crippen LogP) is 3.42. The summed E-state index contributed by atoms with van der Waals surface area (Å²) in [6.45, 7) is 1.05. The molecule has 0 aromatic heterocycles. The van der Waals surface area contributed by atoms with Gasteiger partial charge in [-0.15, -0.1) is 0 Å². The quantitative estimate of drug-likeness (QED) is 0.776. The van der Waals surface area contributed by atoms with E-state index in [9.17, 15) is 22.8 Å². The summed E-state index contributed by atoms with van der Waals surface area (Å²) in [7, 11) is 0. The van der Waals surface area contributed by atoms with E-state index >= 15 is 0 Å². The molecule has 2 aromatic rings. The minimum atomic E-state index is -4.67. The van der Waals surface area contributed by atoms with Crippen molar-refractivity contribution in [2.75, 3.05) is 13.2 Å². The molecule has 1 aliphatic rings. The summed E-state index contributed by atoms with van der Waals surface area (Å²) in [6.07, 6.45) is -4.67. The maximum absolute atomic E-state index is 13.4. The van der Waals surface area contributed by atoms with Crippen LogP contribution in [0.5, 0.6) is 5.75 Å².